The number of benzene rings is 1. The average molecular weight is 475 g/mol. The zero-order chi connectivity index (χ0) is 24.1. The van der Waals surface area contributed by atoms with Crippen LogP contribution in [-0.4, -0.2) is 62.6 Å². The highest BCUT2D eigenvalue weighted by atomic mass is 16.5. The number of hydrogen-bond acceptors (Lipinski definition) is 5. The molecule has 0 unspecified atom stereocenters. The Morgan fingerprint density at radius 3 is 2.63 bits per heavy atom. The normalized spacial score (nSPS) is 18.5. The molecule has 3 aromatic rings. The number of ether oxygens (including phenoxy) is 1. The van der Waals surface area contributed by atoms with Gasteiger partial charge in [0.2, 0.25) is 5.91 Å². The summed E-state index contributed by atoms with van der Waals surface area (Å²) in [5, 5.41) is 9.41. The van der Waals surface area contributed by atoms with E-state index in [4.69, 9.17) is 9.84 Å². The summed E-state index contributed by atoms with van der Waals surface area (Å²) in [4.78, 5) is 29.4. The molecule has 0 saturated carbocycles. The molecule has 5 heterocycles. The standard InChI is InChI=1S/C26H30N6O3/c1-17(33)30-10-7-24-23(16-30)25(28-32(24)18-8-12-35-13-9-18)21-4-3-5-22-20(21)6-11-31(26(22)34)19-14-27-29(2)15-19/h3-5,14-15,18H,6-13,16H2,1-2H3. The molecule has 1 saturated heterocycles. The van der Waals surface area contributed by atoms with Crippen LogP contribution in [0, 0.1) is 0 Å². The molecule has 1 aromatic carbocycles. The third-order valence-electron chi connectivity index (χ3n) is 7.56. The van der Waals surface area contributed by atoms with Crippen LogP contribution in [0.3, 0.4) is 0 Å². The van der Waals surface area contributed by atoms with E-state index in [1.807, 2.05) is 30.3 Å². The van der Waals surface area contributed by atoms with Crippen LogP contribution < -0.4 is 4.90 Å². The van der Waals surface area contributed by atoms with E-state index in [-0.39, 0.29) is 11.8 Å². The van der Waals surface area contributed by atoms with E-state index in [1.165, 1.54) is 5.69 Å². The lowest BCUT2D eigenvalue weighted by Gasteiger charge is -2.30. The molecule has 0 N–H and O–H groups in total. The molecule has 0 bridgehead atoms. The second kappa shape index (κ2) is 8.64. The lowest BCUT2D eigenvalue weighted by molar-refractivity contribution is -0.129. The summed E-state index contributed by atoms with van der Waals surface area (Å²) in [6.45, 7) is 4.98. The van der Waals surface area contributed by atoms with Crippen molar-refractivity contribution in [1.29, 1.82) is 0 Å². The van der Waals surface area contributed by atoms with Crippen molar-refractivity contribution >= 4 is 17.5 Å². The van der Waals surface area contributed by atoms with Gasteiger partial charge in [0.1, 0.15) is 0 Å². The Balaban J connectivity index is 1.44. The second-order valence-electron chi connectivity index (χ2n) is 9.66. The summed E-state index contributed by atoms with van der Waals surface area (Å²) < 4.78 is 9.52. The van der Waals surface area contributed by atoms with Crippen LogP contribution in [0.15, 0.2) is 30.6 Å². The summed E-state index contributed by atoms with van der Waals surface area (Å²) in [6.07, 6.45) is 7.01. The van der Waals surface area contributed by atoms with Crippen molar-refractivity contribution in [2.24, 2.45) is 7.05 Å². The Bertz CT molecular complexity index is 1300. The number of nitrogens with zero attached hydrogens (tertiary/aromatic N) is 6. The van der Waals surface area contributed by atoms with Gasteiger partial charge in [0.05, 0.1) is 23.6 Å². The molecule has 0 aliphatic carbocycles. The van der Waals surface area contributed by atoms with Crippen LogP contribution in [0.1, 0.15) is 53.0 Å². The van der Waals surface area contributed by atoms with Gasteiger partial charge in [0.25, 0.3) is 5.91 Å². The summed E-state index contributed by atoms with van der Waals surface area (Å²) in [5.74, 6) is 0.0713. The molecular formula is C26H30N6O3. The predicted octanol–water partition coefficient (Wildman–Crippen LogP) is 2.74. The van der Waals surface area contributed by atoms with Crippen molar-refractivity contribution in [1.82, 2.24) is 24.5 Å². The summed E-state index contributed by atoms with van der Waals surface area (Å²) in [7, 11) is 1.85. The quantitative estimate of drug-likeness (QED) is 0.583. The van der Waals surface area contributed by atoms with Crippen molar-refractivity contribution in [3.8, 4) is 11.3 Å². The highest BCUT2D eigenvalue weighted by Crippen LogP contribution is 2.38. The summed E-state index contributed by atoms with van der Waals surface area (Å²) >= 11 is 0. The van der Waals surface area contributed by atoms with Gasteiger partial charge in [0.15, 0.2) is 0 Å². The first kappa shape index (κ1) is 22.0. The fraction of sp³-hybridized carbons (Fsp3) is 0.462. The minimum atomic E-state index is -0.0100. The largest absolute Gasteiger partial charge is 0.381 e. The van der Waals surface area contributed by atoms with Gasteiger partial charge in [-0.25, -0.2) is 0 Å². The van der Waals surface area contributed by atoms with Gasteiger partial charge in [-0.05, 0) is 30.9 Å². The molecule has 9 heteroatoms. The lowest BCUT2D eigenvalue weighted by atomic mass is 9.90. The molecule has 182 valence electrons. The van der Waals surface area contributed by atoms with Crippen LogP contribution >= 0.6 is 0 Å². The van der Waals surface area contributed by atoms with E-state index >= 15 is 0 Å². The van der Waals surface area contributed by atoms with Gasteiger partial charge in [-0.15, -0.1) is 0 Å². The number of carbonyl (C=O) groups excluding carboxylic acids is 2. The van der Waals surface area contributed by atoms with Crippen molar-refractivity contribution in [2.45, 2.75) is 45.2 Å². The minimum absolute atomic E-state index is 0.0100. The smallest absolute Gasteiger partial charge is 0.258 e. The second-order valence-corrected chi connectivity index (χ2v) is 9.66. The molecule has 0 radical (unpaired) electrons. The van der Waals surface area contributed by atoms with Gasteiger partial charge < -0.3 is 14.5 Å². The maximum Gasteiger partial charge on any atom is 0.258 e. The number of hydrogen-bond donors (Lipinski definition) is 0. The van der Waals surface area contributed by atoms with Gasteiger partial charge in [-0.3, -0.25) is 19.0 Å². The molecule has 2 amide bonds. The molecule has 35 heavy (non-hydrogen) atoms. The van der Waals surface area contributed by atoms with E-state index in [9.17, 15) is 9.59 Å². The van der Waals surface area contributed by atoms with Crippen molar-refractivity contribution in [3.63, 3.8) is 0 Å². The Kier molecular flexibility index (Phi) is 5.44. The average Bonchev–Trinajstić information content (AvgIpc) is 3.48. The minimum Gasteiger partial charge on any atom is -0.381 e. The van der Waals surface area contributed by atoms with E-state index in [0.29, 0.717) is 31.2 Å². The molecular weight excluding hydrogens is 444 g/mol. The third kappa shape index (κ3) is 3.74. The number of rotatable bonds is 3. The molecule has 9 nitrogen and oxygen atoms in total. The first-order chi connectivity index (χ1) is 17.0. The molecule has 1 fully saturated rings. The molecule has 3 aliphatic heterocycles. The summed E-state index contributed by atoms with van der Waals surface area (Å²) in [5.41, 5.74) is 6.83. The SMILES string of the molecule is CC(=O)N1CCc2c(c(-c3cccc4c3CCN(c3cnn(C)c3)C4=O)nn2C2CCOCC2)C1. The van der Waals surface area contributed by atoms with E-state index in [0.717, 1.165) is 67.0 Å². The van der Waals surface area contributed by atoms with Crippen molar-refractivity contribution in [2.75, 3.05) is 31.2 Å². The third-order valence-corrected chi connectivity index (χ3v) is 7.56. The van der Waals surface area contributed by atoms with E-state index in [1.54, 1.807) is 22.7 Å². The van der Waals surface area contributed by atoms with Gasteiger partial charge in [-0.1, -0.05) is 12.1 Å². The zero-order valence-electron chi connectivity index (χ0n) is 20.2. The number of aromatic nitrogens is 4. The fourth-order valence-corrected chi connectivity index (χ4v) is 5.71. The molecule has 0 atom stereocenters. The Labute approximate surface area is 204 Å². The predicted molar refractivity (Wildman–Crippen MR) is 130 cm³/mol. The monoisotopic (exact) mass is 474 g/mol. The Morgan fingerprint density at radius 2 is 1.89 bits per heavy atom. The van der Waals surface area contributed by atoms with Crippen molar-refractivity contribution < 1.29 is 14.3 Å². The van der Waals surface area contributed by atoms with Crippen LogP contribution in [0.2, 0.25) is 0 Å². The molecule has 2 aromatic heterocycles. The number of aryl methyl sites for hydroxylation is 1. The first-order valence-electron chi connectivity index (χ1n) is 12.4. The fourth-order valence-electron chi connectivity index (χ4n) is 5.71. The van der Waals surface area contributed by atoms with Gasteiger partial charge in [-0.2, -0.15) is 10.2 Å². The molecule has 0 spiro atoms. The van der Waals surface area contributed by atoms with Crippen LogP contribution in [-0.2, 0) is 36.0 Å². The first-order valence-corrected chi connectivity index (χ1v) is 12.4. The Hall–Kier alpha value is -3.46. The molecule has 3 aliphatic rings. The highest BCUT2D eigenvalue weighted by Gasteiger charge is 2.33. The number of fused-ring (bicyclic) bond motifs is 2. The number of carbonyl (C=O) groups is 2. The van der Waals surface area contributed by atoms with E-state index < -0.39 is 0 Å². The summed E-state index contributed by atoms with van der Waals surface area (Å²) in [6, 6.07) is 6.24. The van der Waals surface area contributed by atoms with Gasteiger partial charge >= 0.3 is 0 Å². The van der Waals surface area contributed by atoms with Crippen LogP contribution in [0.5, 0.6) is 0 Å². The Morgan fingerprint density at radius 1 is 1.09 bits per heavy atom. The van der Waals surface area contributed by atoms with E-state index in [2.05, 4.69) is 15.8 Å². The van der Waals surface area contributed by atoms with Gasteiger partial charge in [0, 0.05) is 81.8 Å². The number of anilines is 1. The topological polar surface area (TPSA) is 85.5 Å². The zero-order valence-corrected chi connectivity index (χ0v) is 20.2. The highest BCUT2D eigenvalue weighted by molar-refractivity contribution is 6.09. The number of amides is 2. The maximum atomic E-state index is 13.5. The van der Waals surface area contributed by atoms with Crippen molar-refractivity contribution in [3.05, 3.63) is 53.0 Å². The molecule has 6 rings (SSSR count). The lowest BCUT2D eigenvalue weighted by Crippen LogP contribution is -2.37. The maximum absolute atomic E-state index is 13.5. The van der Waals surface area contributed by atoms with Crippen LogP contribution in [0.25, 0.3) is 11.3 Å². The van der Waals surface area contributed by atoms with Crippen LogP contribution in [0.4, 0.5) is 5.69 Å².